The fourth-order valence-corrected chi connectivity index (χ4v) is 2.37. The molecule has 2 nitrogen and oxygen atoms in total. The molecule has 0 aliphatic heterocycles. The van der Waals surface area contributed by atoms with Gasteiger partial charge in [-0.15, -0.1) is 0 Å². The van der Waals surface area contributed by atoms with Crippen molar-refractivity contribution in [1.82, 2.24) is 5.32 Å². The Hall–Kier alpha value is -0.860. The molecule has 0 fully saturated rings. The highest BCUT2D eigenvalue weighted by Gasteiger charge is 2.10. The van der Waals surface area contributed by atoms with Gasteiger partial charge in [-0.1, -0.05) is 52.0 Å². The molecule has 2 heteroatoms. The lowest BCUT2D eigenvalue weighted by Gasteiger charge is -2.19. The van der Waals surface area contributed by atoms with Crippen molar-refractivity contribution < 1.29 is 4.74 Å². The molecule has 0 spiro atoms. The predicted octanol–water partition coefficient (Wildman–Crippen LogP) is 4.74. The number of nitrogens with one attached hydrogen (secondary N) is 1. The van der Waals surface area contributed by atoms with Gasteiger partial charge in [0.25, 0.3) is 0 Å². The van der Waals surface area contributed by atoms with Gasteiger partial charge in [-0.3, -0.25) is 0 Å². The topological polar surface area (TPSA) is 21.3 Å². The maximum absolute atomic E-state index is 5.89. The Morgan fingerprint density at radius 3 is 2.38 bits per heavy atom. The van der Waals surface area contributed by atoms with Crippen molar-refractivity contribution in [2.75, 3.05) is 19.8 Å². The lowest BCUT2D eigenvalue weighted by molar-refractivity contribution is 0.106. The molecule has 0 amide bonds. The number of hydrogen-bond acceptors (Lipinski definition) is 2. The lowest BCUT2D eigenvalue weighted by Crippen LogP contribution is -2.26. The summed E-state index contributed by atoms with van der Waals surface area (Å²) in [5.74, 6) is 0.768. The summed E-state index contributed by atoms with van der Waals surface area (Å²) < 4.78 is 5.89. The van der Waals surface area contributed by atoms with Gasteiger partial charge in [-0.25, -0.2) is 0 Å². The number of ether oxygens (including phenoxy) is 1. The van der Waals surface area contributed by atoms with Crippen LogP contribution in [-0.2, 0) is 11.2 Å². The van der Waals surface area contributed by atoms with E-state index >= 15 is 0 Å². The van der Waals surface area contributed by atoms with Crippen molar-refractivity contribution in [3.63, 3.8) is 0 Å². The maximum Gasteiger partial charge on any atom is 0.0661 e. The van der Waals surface area contributed by atoms with Gasteiger partial charge in [0.2, 0.25) is 0 Å². The Kier molecular flexibility index (Phi) is 9.36. The van der Waals surface area contributed by atoms with E-state index in [0.29, 0.717) is 6.04 Å². The molecule has 0 heterocycles. The normalized spacial score (nSPS) is 12.8. The largest absolute Gasteiger partial charge is 0.379 e. The minimum absolute atomic E-state index is 0.315. The highest BCUT2D eigenvalue weighted by Crippen LogP contribution is 2.15. The Morgan fingerprint density at radius 1 is 1.10 bits per heavy atom. The first-order valence-corrected chi connectivity index (χ1v) is 8.57. The van der Waals surface area contributed by atoms with Gasteiger partial charge >= 0.3 is 0 Å². The highest BCUT2D eigenvalue weighted by atomic mass is 16.5. The van der Waals surface area contributed by atoms with Gasteiger partial charge in [0.05, 0.1) is 12.6 Å². The Morgan fingerprint density at radius 2 is 1.81 bits per heavy atom. The van der Waals surface area contributed by atoms with Crippen LogP contribution in [0.25, 0.3) is 0 Å². The zero-order valence-electron chi connectivity index (χ0n) is 14.3. The minimum atomic E-state index is 0.315. The van der Waals surface area contributed by atoms with Crippen LogP contribution in [0.1, 0.15) is 64.1 Å². The Balaban J connectivity index is 2.46. The number of rotatable bonds is 11. The van der Waals surface area contributed by atoms with Crippen molar-refractivity contribution in [2.45, 2.75) is 59.4 Å². The van der Waals surface area contributed by atoms with Gasteiger partial charge in [0.1, 0.15) is 0 Å². The molecular formula is C19H33NO. The third-order valence-electron chi connectivity index (χ3n) is 3.79. The van der Waals surface area contributed by atoms with E-state index in [9.17, 15) is 0 Å². The summed E-state index contributed by atoms with van der Waals surface area (Å²) in [6.45, 7) is 11.6. The average molecular weight is 291 g/mol. The second-order valence-electron chi connectivity index (χ2n) is 6.21. The van der Waals surface area contributed by atoms with Gasteiger partial charge in [-0.05, 0) is 49.3 Å². The summed E-state index contributed by atoms with van der Waals surface area (Å²) in [4.78, 5) is 0. The molecule has 21 heavy (non-hydrogen) atoms. The van der Waals surface area contributed by atoms with E-state index < -0.39 is 0 Å². The molecule has 1 N–H and O–H groups in total. The molecule has 0 aliphatic rings. The number of benzene rings is 1. The van der Waals surface area contributed by atoms with Crippen molar-refractivity contribution in [2.24, 2.45) is 5.92 Å². The molecule has 0 saturated carbocycles. The van der Waals surface area contributed by atoms with Crippen LogP contribution in [-0.4, -0.2) is 19.8 Å². The van der Waals surface area contributed by atoms with Gasteiger partial charge in [0.15, 0.2) is 0 Å². The van der Waals surface area contributed by atoms with Crippen molar-refractivity contribution in [1.29, 1.82) is 0 Å². The maximum atomic E-state index is 5.89. The molecule has 1 atom stereocenters. The van der Waals surface area contributed by atoms with E-state index in [-0.39, 0.29) is 0 Å². The molecule has 1 unspecified atom stereocenters. The number of aryl methyl sites for hydroxylation is 1. The summed E-state index contributed by atoms with van der Waals surface area (Å²) >= 11 is 0. The molecule has 1 rings (SSSR count). The van der Waals surface area contributed by atoms with Gasteiger partial charge < -0.3 is 10.1 Å². The molecule has 1 aromatic carbocycles. The van der Waals surface area contributed by atoms with E-state index in [0.717, 1.165) is 44.9 Å². The summed E-state index contributed by atoms with van der Waals surface area (Å²) in [6, 6.07) is 9.26. The first-order chi connectivity index (χ1) is 10.2. The average Bonchev–Trinajstić information content (AvgIpc) is 2.50. The third-order valence-corrected chi connectivity index (χ3v) is 3.79. The van der Waals surface area contributed by atoms with Crippen LogP contribution in [0, 0.1) is 5.92 Å². The molecular weight excluding hydrogens is 258 g/mol. The highest BCUT2D eigenvalue weighted by molar-refractivity contribution is 5.25. The summed E-state index contributed by atoms with van der Waals surface area (Å²) in [5, 5.41) is 3.60. The summed E-state index contributed by atoms with van der Waals surface area (Å²) in [7, 11) is 0. The second-order valence-corrected chi connectivity index (χ2v) is 6.21. The van der Waals surface area contributed by atoms with Crippen LogP contribution in [0.3, 0.4) is 0 Å². The molecule has 1 aromatic rings. The fraction of sp³-hybridized carbons (Fsp3) is 0.684. The van der Waals surface area contributed by atoms with Crippen LogP contribution >= 0.6 is 0 Å². The van der Waals surface area contributed by atoms with Crippen LogP contribution in [0.2, 0.25) is 0 Å². The number of hydrogen-bond donors (Lipinski definition) is 1. The van der Waals surface area contributed by atoms with Crippen LogP contribution in [0.15, 0.2) is 24.3 Å². The minimum Gasteiger partial charge on any atom is -0.379 e. The smallest absolute Gasteiger partial charge is 0.0661 e. The second kappa shape index (κ2) is 10.8. The van der Waals surface area contributed by atoms with E-state index in [1.165, 1.54) is 17.5 Å². The monoisotopic (exact) mass is 291 g/mol. The standard InChI is InChI=1S/C19H33NO/c1-5-13-20-19(15-21-14-7-8-16(3)4)18-11-9-17(6-2)10-12-18/h9-12,16,19-20H,5-8,13-15H2,1-4H3. The van der Waals surface area contributed by atoms with E-state index in [4.69, 9.17) is 4.74 Å². The van der Waals surface area contributed by atoms with E-state index in [1.54, 1.807) is 0 Å². The lowest BCUT2D eigenvalue weighted by atomic mass is 10.0. The summed E-state index contributed by atoms with van der Waals surface area (Å²) in [5.41, 5.74) is 2.73. The predicted molar refractivity (Wildman–Crippen MR) is 91.7 cm³/mol. The molecule has 0 bridgehead atoms. The molecule has 0 radical (unpaired) electrons. The molecule has 0 saturated heterocycles. The van der Waals surface area contributed by atoms with Gasteiger partial charge in [0, 0.05) is 6.61 Å². The fourth-order valence-electron chi connectivity index (χ4n) is 2.37. The van der Waals surface area contributed by atoms with Crippen LogP contribution in [0.4, 0.5) is 0 Å². The first-order valence-electron chi connectivity index (χ1n) is 8.57. The zero-order valence-corrected chi connectivity index (χ0v) is 14.3. The molecule has 0 aromatic heterocycles. The van der Waals surface area contributed by atoms with E-state index in [2.05, 4.69) is 57.3 Å². The van der Waals surface area contributed by atoms with Crippen LogP contribution < -0.4 is 5.32 Å². The quantitative estimate of drug-likeness (QED) is 0.594. The SMILES string of the molecule is CCCNC(COCCCC(C)C)c1ccc(CC)cc1. The molecule has 0 aliphatic carbocycles. The van der Waals surface area contributed by atoms with Gasteiger partial charge in [-0.2, -0.15) is 0 Å². The first kappa shape index (κ1) is 18.2. The van der Waals surface area contributed by atoms with Crippen LogP contribution in [0.5, 0.6) is 0 Å². The Bertz CT molecular complexity index is 358. The van der Waals surface area contributed by atoms with E-state index in [1.807, 2.05) is 0 Å². The van der Waals surface area contributed by atoms with Crippen molar-refractivity contribution in [3.05, 3.63) is 35.4 Å². The van der Waals surface area contributed by atoms with Crippen molar-refractivity contribution >= 4 is 0 Å². The molecule has 120 valence electrons. The summed E-state index contributed by atoms with van der Waals surface area (Å²) in [6.07, 6.45) is 4.65. The zero-order chi connectivity index (χ0) is 15.5. The third kappa shape index (κ3) is 7.63. The van der Waals surface area contributed by atoms with Crippen molar-refractivity contribution in [3.8, 4) is 0 Å². The Labute approximate surface area is 131 Å².